The number of rotatable bonds is 2. The molecule has 0 saturated heterocycles. The zero-order valence-corrected chi connectivity index (χ0v) is 7.68. The summed E-state index contributed by atoms with van der Waals surface area (Å²) in [5.41, 5.74) is 0.301. The van der Waals surface area contributed by atoms with E-state index in [0.717, 1.165) is 0 Å². The van der Waals surface area contributed by atoms with E-state index in [-0.39, 0.29) is 5.15 Å². The smallest absolute Gasteiger partial charge is 0.383 e. The molecule has 1 aromatic rings. The van der Waals surface area contributed by atoms with Gasteiger partial charge in [-0.1, -0.05) is 11.6 Å². The minimum Gasteiger partial charge on any atom is -0.383 e. The van der Waals surface area contributed by atoms with Crippen LogP contribution < -0.4 is 0 Å². The van der Waals surface area contributed by atoms with E-state index in [2.05, 4.69) is 4.98 Å². The molecule has 0 spiro atoms. The largest absolute Gasteiger partial charge is 0.414 e. The van der Waals surface area contributed by atoms with Gasteiger partial charge in [0.15, 0.2) is 6.10 Å². The molecule has 0 aliphatic carbocycles. The zero-order chi connectivity index (χ0) is 10.8. The highest BCUT2D eigenvalue weighted by Crippen LogP contribution is 2.23. The van der Waals surface area contributed by atoms with Gasteiger partial charge in [0.05, 0.1) is 0 Å². The first-order valence-corrected chi connectivity index (χ1v) is 4.12. The first-order chi connectivity index (χ1) is 6.39. The molecule has 78 valence electrons. The van der Waals surface area contributed by atoms with E-state index >= 15 is 0 Å². The normalized spacial score (nSPS) is 14.1. The summed E-state index contributed by atoms with van der Waals surface area (Å²) in [4.78, 5) is 3.61. The van der Waals surface area contributed by atoms with Gasteiger partial charge >= 0.3 is 6.18 Å². The molecular formula is C8H7ClF3NO. The molecule has 6 heteroatoms. The van der Waals surface area contributed by atoms with E-state index < -0.39 is 18.7 Å². The van der Waals surface area contributed by atoms with Crippen LogP contribution in [-0.4, -0.2) is 22.4 Å². The van der Waals surface area contributed by atoms with Crippen LogP contribution in [0.5, 0.6) is 0 Å². The molecule has 0 bridgehead atoms. The second-order valence-corrected chi connectivity index (χ2v) is 3.14. The second kappa shape index (κ2) is 4.14. The van der Waals surface area contributed by atoms with Gasteiger partial charge in [0.25, 0.3) is 0 Å². The number of nitrogens with zero attached hydrogens (tertiary/aromatic N) is 1. The lowest BCUT2D eigenvalue weighted by molar-refractivity contribution is -0.203. The third-order valence-electron chi connectivity index (χ3n) is 1.60. The molecule has 1 rings (SSSR count). The number of hydrogen-bond acceptors (Lipinski definition) is 2. The molecule has 1 heterocycles. The van der Waals surface area contributed by atoms with Crippen molar-refractivity contribution in [1.82, 2.24) is 4.98 Å². The molecule has 0 aliphatic rings. The monoisotopic (exact) mass is 225 g/mol. The standard InChI is InChI=1S/C8H7ClF3NO/c9-7-4-5(1-2-13-7)3-6(14)8(10,11)12/h1-2,4,6,14H,3H2. The van der Waals surface area contributed by atoms with Gasteiger partial charge in [-0.3, -0.25) is 0 Å². The molecule has 1 N–H and O–H groups in total. The molecule has 0 aromatic carbocycles. The lowest BCUT2D eigenvalue weighted by atomic mass is 10.1. The van der Waals surface area contributed by atoms with Crippen LogP contribution in [0.3, 0.4) is 0 Å². The minimum atomic E-state index is -4.60. The van der Waals surface area contributed by atoms with E-state index in [0.29, 0.717) is 5.56 Å². The lowest BCUT2D eigenvalue weighted by Gasteiger charge is -2.14. The Morgan fingerprint density at radius 1 is 1.50 bits per heavy atom. The van der Waals surface area contributed by atoms with Gasteiger partial charge in [-0.15, -0.1) is 0 Å². The van der Waals surface area contributed by atoms with E-state index in [1.54, 1.807) is 0 Å². The third kappa shape index (κ3) is 3.16. The molecule has 0 radical (unpaired) electrons. The van der Waals surface area contributed by atoms with Crippen molar-refractivity contribution >= 4 is 11.6 Å². The number of alkyl halides is 3. The summed E-state index contributed by atoms with van der Waals surface area (Å²) in [6.07, 6.45) is -6.18. The Morgan fingerprint density at radius 2 is 2.14 bits per heavy atom. The molecule has 0 fully saturated rings. The van der Waals surface area contributed by atoms with Crippen LogP contribution >= 0.6 is 11.6 Å². The maximum Gasteiger partial charge on any atom is 0.414 e. The van der Waals surface area contributed by atoms with Gasteiger partial charge in [-0.2, -0.15) is 13.2 Å². The van der Waals surface area contributed by atoms with Crippen LogP contribution in [0.25, 0.3) is 0 Å². The molecule has 0 amide bonds. The van der Waals surface area contributed by atoms with Crippen molar-refractivity contribution in [2.75, 3.05) is 0 Å². The Hall–Kier alpha value is -0.810. The highest BCUT2D eigenvalue weighted by Gasteiger charge is 2.37. The number of aromatic nitrogens is 1. The van der Waals surface area contributed by atoms with E-state index in [4.69, 9.17) is 16.7 Å². The van der Waals surface area contributed by atoms with Gasteiger partial charge in [0.1, 0.15) is 5.15 Å². The fraction of sp³-hybridized carbons (Fsp3) is 0.375. The Labute approximate surface area is 83.3 Å². The Balaban J connectivity index is 2.70. The van der Waals surface area contributed by atoms with Crippen molar-refractivity contribution in [3.63, 3.8) is 0 Å². The van der Waals surface area contributed by atoms with Gasteiger partial charge in [0.2, 0.25) is 0 Å². The van der Waals surface area contributed by atoms with Crippen LogP contribution in [0.4, 0.5) is 13.2 Å². The van der Waals surface area contributed by atoms with Crippen molar-refractivity contribution in [3.8, 4) is 0 Å². The molecule has 1 unspecified atom stereocenters. The quantitative estimate of drug-likeness (QED) is 0.783. The molecule has 0 saturated carbocycles. The predicted octanol–water partition coefficient (Wildman–Crippen LogP) is 2.20. The third-order valence-corrected chi connectivity index (χ3v) is 1.80. The molecule has 14 heavy (non-hydrogen) atoms. The highest BCUT2D eigenvalue weighted by molar-refractivity contribution is 6.29. The summed E-state index contributed by atoms with van der Waals surface area (Å²) < 4.78 is 35.8. The average molecular weight is 226 g/mol. The van der Waals surface area contributed by atoms with Crippen molar-refractivity contribution in [3.05, 3.63) is 29.0 Å². The molecule has 1 atom stereocenters. The molecular weight excluding hydrogens is 219 g/mol. The fourth-order valence-electron chi connectivity index (χ4n) is 0.909. The summed E-state index contributed by atoms with van der Waals surface area (Å²) in [7, 11) is 0. The van der Waals surface area contributed by atoms with Crippen molar-refractivity contribution < 1.29 is 18.3 Å². The van der Waals surface area contributed by atoms with E-state index in [1.165, 1.54) is 18.3 Å². The number of aliphatic hydroxyl groups is 1. The van der Waals surface area contributed by atoms with Crippen molar-refractivity contribution in [2.24, 2.45) is 0 Å². The van der Waals surface area contributed by atoms with Gasteiger partial charge < -0.3 is 5.11 Å². The summed E-state index contributed by atoms with van der Waals surface area (Å²) in [6.45, 7) is 0. The predicted molar refractivity (Wildman–Crippen MR) is 45.0 cm³/mol. The maximum absolute atomic E-state index is 11.9. The number of aliphatic hydroxyl groups excluding tert-OH is 1. The van der Waals surface area contributed by atoms with Crippen molar-refractivity contribution in [2.45, 2.75) is 18.7 Å². The van der Waals surface area contributed by atoms with Crippen LogP contribution in [-0.2, 0) is 6.42 Å². The number of halogens is 4. The topological polar surface area (TPSA) is 33.1 Å². The van der Waals surface area contributed by atoms with Crippen molar-refractivity contribution in [1.29, 1.82) is 0 Å². The van der Waals surface area contributed by atoms with Crippen LogP contribution in [0.1, 0.15) is 5.56 Å². The number of pyridine rings is 1. The summed E-state index contributed by atoms with van der Waals surface area (Å²) in [5, 5.41) is 8.85. The van der Waals surface area contributed by atoms with E-state index in [1.807, 2.05) is 0 Å². The van der Waals surface area contributed by atoms with Crippen LogP contribution in [0, 0.1) is 0 Å². The first-order valence-electron chi connectivity index (χ1n) is 3.75. The first kappa shape index (κ1) is 11.3. The second-order valence-electron chi connectivity index (χ2n) is 2.75. The summed E-state index contributed by atoms with van der Waals surface area (Å²) >= 11 is 5.47. The molecule has 2 nitrogen and oxygen atoms in total. The molecule has 1 aromatic heterocycles. The van der Waals surface area contributed by atoms with Crippen LogP contribution in [0.15, 0.2) is 18.3 Å². The van der Waals surface area contributed by atoms with Gasteiger partial charge in [-0.25, -0.2) is 4.98 Å². The Kier molecular flexibility index (Phi) is 3.34. The fourth-order valence-corrected chi connectivity index (χ4v) is 1.11. The minimum absolute atomic E-state index is 0.108. The summed E-state index contributed by atoms with van der Waals surface area (Å²) in [6, 6.07) is 2.66. The lowest BCUT2D eigenvalue weighted by Crippen LogP contribution is -2.30. The van der Waals surface area contributed by atoms with Gasteiger partial charge in [0, 0.05) is 12.6 Å². The summed E-state index contributed by atoms with van der Waals surface area (Å²) in [5.74, 6) is 0. The number of hydrogen-bond donors (Lipinski definition) is 1. The van der Waals surface area contributed by atoms with Crippen LogP contribution in [0.2, 0.25) is 5.15 Å². The zero-order valence-electron chi connectivity index (χ0n) is 6.92. The maximum atomic E-state index is 11.9. The average Bonchev–Trinajstić information content (AvgIpc) is 2.02. The van der Waals surface area contributed by atoms with E-state index in [9.17, 15) is 13.2 Å². The highest BCUT2D eigenvalue weighted by atomic mass is 35.5. The SMILES string of the molecule is OC(Cc1ccnc(Cl)c1)C(F)(F)F. The Morgan fingerprint density at radius 3 is 2.64 bits per heavy atom. The van der Waals surface area contributed by atoms with Gasteiger partial charge in [-0.05, 0) is 17.7 Å². The Bertz CT molecular complexity index is 316. The molecule has 0 aliphatic heterocycles.